The van der Waals surface area contributed by atoms with Gasteiger partial charge in [-0.2, -0.15) is 0 Å². The summed E-state index contributed by atoms with van der Waals surface area (Å²) in [5.74, 6) is 1.02. The molecule has 1 amide bonds. The summed E-state index contributed by atoms with van der Waals surface area (Å²) in [6.45, 7) is 4.32. The van der Waals surface area contributed by atoms with E-state index in [9.17, 15) is 4.79 Å². The monoisotopic (exact) mass is 240 g/mol. The van der Waals surface area contributed by atoms with Crippen molar-refractivity contribution in [2.24, 2.45) is 5.92 Å². The summed E-state index contributed by atoms with van der Waals surface area (Å²) in [5, 5.41) is 3.23. The molecule has 1 aliphatic heterocycles. The van der Waals surface area contributed by atoms with Crippen LogP contribution in [-0.4, -0.2) is 49.7 Å². The molecule has 2 rings (SSSR count). The summed E-state index contributed by atoms with van der Waals surface area (Å²) in [5.41, 5.74) is 0. The van der Waals surface area contributed by atoms with E-state index in [4.69, 9.17) is 4.74 Å². The van der Waals surface area contributed by atoms with Crippen molar-refractivity contribution < 1.29 is 9.53 Å². The molecule has 0 aromatic rings. The Balaban J connectivity index is 1.85. The Morgan fingerprint density at radius 3 is 2.59 bits per heavy atom. The SMILES string of the molecule is CC1CCC(N(C)C(=O)C2COCCN2)CC1. The Bertz CT molecular complexity index is 256. The number of ether oxygens (including phenoxy) is 1. The van der Waals surface area contributed by atoms with Crippen LogP contribution in [-0.2, 0) is 9.53 Å². The fourth-order valence-electron chi connectivity index (χ4n) is 2.78. The van der Waals surface area contributed by atoms with Gasteiger partial charge in [0.1, 0.15) is 6.04 Å². The quantitative estimate of drug-likeness (QED) is 0.783. The number of carbonyl (C=O) groups excluding carboxylic acids is 1. The lowest BCUT2D eigenvalue weighted by atomic mass is 9.86. The summed E-state index contributed by atoms with van der Waals surface area (Å²) < 4.78 is 5.35. The number of nitrogens with one attached hydrogen (secondary N) is 1. The number of rotatable bonds is 2. The molecule has 0 radical (unpaired) electrons. The highest BCUT2D eigenvalue weighted by molar-refractivity contribution is 5.82. The van der Waals surface area contributed by atoms with E-state index in [-0.39, 0.29) is 11.9 Å². The number of hydrogen-bond acceptors (Lipinski definition) is 3. The summed E-state index contributed by atoms with van der Waals surface area (Å²) in [4.78, 5) is 14.2. The molecule has 17 heavy (non-hydrogen) atoms. The molecule has 1 saturated carbocycles. The zero-order chi connectivity index (χ0) is 12.3. The number of nitrogens with zero attached hydrogens (tertiary/aromatic N) is 1. The van der Waals surface area contributed by atoms with Crippen LogP contribution < -0.4 is 5.32 Å². The van der Waals surface area contributed by atoms with Crippen molar-refractivity contribution in [2.45, 2.75) is 44.7 Å². The number of hydrogen-bond donors (Lipinski definition) is 1. The molecule has 0 bridgehead atoms. The molecule has 4 nitrogen and oxygen atoms in total. The molecular weight excluding hydrogens is 216 g/mol. The molecular formula is C13H24N2O2. The highest BCUT2D eigenvalue weighted by Gasteiger charge is 2.30. The van der Waals surface area contributed by atoms with Gasteiger partial charge in [-0.25, -0.2) is 0 Å². The summed E-state index contributed by atoms with van der Waals surface area (Å²) >= 11 is 0. The highest BCUT2D eigenvalue weighted by Crippen LogP contribution is 2.26. The summed E-state index contributed by atoms with van der Waals surface area (Å²) in [6.07, 6.45) is 4.79. The number of morpholine rings is 1. The van der Waals surface area contributed by atoms with Gasteiger partial charge in [0, 0.05) is 19.6 Å². The van der Waals surface area contributed by atoms with Gasteiger partial charge in [0.2, 0.25) is 5.91 Å². The largest absolute Gasteiger partial charge is 0.378 e. The van der Waals surface area contributed by atoms with E-state index in [0.717, 1.165) is 25.3 Å². The number of carbonyl (C=O) groups is 1. The van der Waals surface area contributed by atoms with Gasteiger partial charge in [0.15, 0.2) is 0 Å². The molecule has 0 aromatic heterocycles. The molecule has 0 spiro atoms. The minimum Gasteiger partial charge on any atom is -0.378 e. The Kier molecular flexibility index (Phi) is 4.40. The summed E-state index contributed by atoms with van der Waals surface area (Å²) in [7, 11) is 1.94. The topological polar surface area (TPSA) is 41.6 Å². The summed E-state index contributed by atoms with van der Waals surface area (Å²) in [6, 6.07) is 0.301. The van der Waals surface area contributed by atoms with Gasteiger partial charge in [-0.15, -0.1) is 0 Å². The van der Waals surface area contributed by atoms with Crippen LogP contribution >= 0.6 is 0 Å². The number of amides is 1. The first-order valence-corrected chi connectivity index (χ1v) is 6.76. The predicted octanol–water partition coefficient (Wildman–Crippen LogP) is 1.01. The number of likely N-dealkylation sites (N-methyl/N-ethyl adjacent to an activating group) is 1. The predicted molar refractivity (Wildman–Crippen MR) is 66.8 cm³/mol. The van der Waals surface area contributed by atoms with Crippen LogP contribution in [0.1, 0.15) is 32.6 Å². The fourth-order valence-corrected chi connectivity index (χ4v) is 2.78. The van der Waals surface area contributed by atoms with E-state index in [1.807, 2.05) is 11.9 Å². The highest BCUT2D eigenvalue weighted by atomic mass is 16.5. The van der Waals surface area contributed by atoms with E-state index in [1.165, 1.54) is 12.8 Å². The minimum absolute atomic E-state index is 0.131. The zero-order valence-corrected chi connectivity index (χ0v) is 10.9. The van der Waals surface area contributed by atoms with Gasteiger partial charge < -0.3 is 15.0 Å². The van der Waals surface area contributed by atoms with Crippen molar-refractivity contribution >= 4 is 5.91 Å². The van der Waals surface area contributed by atoms with E-state index in [2.05, 4.69) is 12.2 Å². The Morgan fingerprint density at radius 2 is 2.00 bits per heavy atom. The van der Waals surface area contributed by atoms with Gasteiger partial charge in [-0.1, -0.05) is 6.92 Å². The van der Waals surface area contributed by atoms with Crippen LogP contribution in [0, 0.1) is 5.92 Å². The Hall–Kier alpha value is -0.610. The third kappa shape index (κ3) is 3.19. The van der Waals surface area contributed by atoms with Gasteiger partial charge in [0.25, 0.3) is 0 Å². The second-order valence-electron chi connectivity index (χ2n) is 5.44. The maximum absolute atomic E-state index is 12.3. The van der Waals surface area contributed by atoms with Crippen LogP contribution in [0.3, 0.4) is 0 Å². The molecule has 1 saturated heterocycles. The molecule has 4 heteroatoms. The molecule has 0 aromatic carbocycles. The lowest BCUT2D eigenvalue weighted by Crippen LogP contribution is -2.54. The van der Waals surface area contributed by atoms with Crippen LogP contribution in [0.5, 0.6) is 0 Å². The molecule has 1 unspecified atom stereocenters. The van der Waals surface area contributed by atoms with Crippen LogP contribution in [0.4, 0.5) is 0 Å². The van der Waals surface area contributed by atoms with Gasteiger partial charge in [0.05, 0.1) is 13.2 Å². The van der Waals surface area contributed by atoms with E-state index >= 15 is 0 Å². The van der Waals surface area contributed by atoms with E-state index in [1.54, 1.807) is 0 Å². The van der Waals surface area contributed by atoms with Crippen molar-refractivity contribution in [3.05, 3.63) is 0 Å². The molecule has 2 aliphatic rings. The van der Waals surface area contributed by atoms with Crippen molar-refractivity contribution in [2.75, 3.05) is 26.8 Å². The van der Waals surface area contributed by atoms with Gasteiger partial charge >= 0.3 is 0 Å². The maximum Gasteiger partial charge on any atom is 0.242 e. The first-order valence-electron chi connectivity index (χ1n) is 6.76. The normalized spacial score (nSPS) is 34.4. The first-order chi connectivity index (χ1) is 8.18. The second kappa shape index (κ2) is 5.83. The van der Waals surface area contributed by atoms with E-state index in [0.29, 0.717) is 19.3 Å². The van der Waals surface area contributed by atoms with Crippen molar-refractivity contribution in [3.8, 4) is 0 Å². The van der Waals surface area contributed by atoms with Crippen LogP contribution in [0.15, 0.2) is 0 Å². The van der Waals surface area contributed by atoms with E-state index < -0.39 is 0 Å². The molecule has 2 fully saturated rings. The third-order valence-electron chi connectivity index (χ3n) is 4.10. The van der Waals surface area contributed by atoms with Gasteiger partial charge in [-0.05, 0) is 31.6 Å². The molecule has 1 atom stereocenters. The average molecular weight is 240 g/mol. The average Bonchev–Trinajstić information content (AvgIpc) is 2.39. The van der Waals surface area contributed by atoms with Crippen molar-refractivity contribution in [3.63, 3.8) is 0 Å². The lowest BCUT2D eigenvalue weighted by molar-refractivity contribution is -0.137. The molecule has 98 valence electrons. The fraction of sp³-hybridized carbons (Fsp3) is 0.923. The Labute approximate surface area is 104 Å². The smallest absolute Gasteiger partial charge is 0.242 e. The molecule has 1 N–H and O–H groups in total. The van der Waals surface area contributed by atoms with Crippen molar-refractivity contribution in [1.82, 2.24) is 10.2 Å². The van der Waals surface area contributed by atoms with Crippen LogP contribution in [0.2, 0.25) is 0 Å². The minimum atomic E-state index is -0.131. The second-order valence-corrected chi connectivity index (χ2v) is 5.44. The third-order valence-corrected chi connectivity index (χ3v) is 4.10. The van der Waals surface area contributed by atoms with Gasteiger partial charge in [-0.3, -0.25) is 4.79 Å². The van der Waals surface area contributed by atoms with Crippen molar-refractivity contribution in [1.29, 1.82) is 0 Å². The Morgan fingerprint density at radius 1 is 1.29 bits per heavy atom. The molecule has 1 aliphatic carbocycles. The zero-order valence-electron chi connectivity index (χ0n) is 10.9. The van der Waals surface area contributed by atoms with Crippen LogP contribution in [0.25, 0.3) is 0 Å². The standard InChI is InChI=1S/C13H24N2O2/c1-10-3-5-11(6-4-10)15(2)13(16)12-9-17-8-7-14-12/h10-12,14H,3-9H2,1-2H3. The maximum atomic E-state index is 12.3. The molecule has 1 heterocycles. The lowest BCUT2D eigenvalue weighted by Gasteiger charge is -2.36. The first kappa shape index (κ1) is 12.8.